The van der Waals surface area contributed by atoms with Crippen LogP contribution in [0.5, 0.6) is 28.7 Å². The molecule has 0 atom stereocenters. The Balaban J connectivity index is 2.33. The van der Waals surface area contributed by atoms with Gasteiger partial charge in [-0.15, -0.1) is 0 Å². The van der Waals surface area contributed by atoms with Gasteiger partial charge in [-0.1, -0.05) is 6.07 Å². The molecule has 0 saturated heterocycles. The number of sulfone groups is 1. The maximum Gasteiger partial charge on any atom is 0.513 e. The first-order chi connectivity index (χ1) is 14.8. The molecule has 0 bridgehead atoms. The summed E-state index contributed by atoms with van der Waals surface area (Å²) in [6, 6.07) is 7.70. The van der Waals surface area contributed by atoms with Crippen molar-refractivity contribution in [1.82, 2.24) is 0 Å². The molecule has 0 unspecified atom stereocenters. The van der Waals surface area contributed by atoms with Crippen molar-refractivity contribution >= 4 is 22.1 Å². The Morgan fingerprint density at radius 3 is 1.97 bits per heavy atom. The Morgan fingerprint density at radius 2 is 1.45 bits per heavy atom. The normalized spacial score (nSPS) is 11.1. The molecule has 0 N–H and O–H groups in total. The maximum atomic E-state index is 12.7. The first kappa shape index (κ1) is 23.9. The van der Waals surface area contributed by atoms with Crippen molar-refractivity contribution in [3.63, 3.8) is 0 Å². The largest absolute Gasteiger partial charge is 0.513 e. The summed E-state index contributed by atoms with van der Waals surface area (Å²) in [6.45, 7) is 0. The zero-order valence-electron chi connectivity index (χ0n) is 17.8. The summed E-state index contributed by atoms with van der Waals surface area (Å²) in [7, 11) is 3.27. The average molecular weight is 452 g/mol. The summed E-state index contributed by atoms with van der Waals surface area (Å²) >= 11 is 0. The summed E-state index contributed by atoms with van der Waals surface area (Å²) in [4.78, 5) is 11.4. The third-order valence-corrected chi connectivity index (χ3v) is 5.44. The van der Waals surface area contributed by atoms with Crippen LogP contribution in [0.3, 0.4) is 0 Å². The molecule has 0 saturated carbocycles. The van der Waals surface area contributed by atoms with Gasteiger partial charge in [0.15, 0.2) is 21.3 Å². The molecule has 0 spiro atoms. The van der Waals surface area contributed by atoms with Crippen molar-refractivity contribution in [3.05, 3.63) is 46.9 Å². The number of hydrogen-bond donors (Lipinski definition) is 0. The van der Waals surface area contributed by atoms with Gasteiger partial charge in [-0.25, -0.2) is 13.2 Å². The molecule has 10 heteroatoms. The van der Waals surface area contributed by atoms with Gasteiger partial charge >= 0.3 is 6.16 Å². The molecule has 0 aliphatic heterocycles. The molecule has 0 aliphatic carbocycles. The molecule has 2 aromatic rings. The van der Waals surface area contributed by atoms with Gasteiger partial charge in [0.05, 0.1) is 46.9 Å². The van der Waals surface area contributed by atoms with E-state index in [1.807, 2.05) is 0 Å². The predicted octanol–water partition coefficient (Wildman–Crippen LogP) is 3.45. The molecule has 0 radical (unpaired) electrons. The molecule has 168 valence electrons. The van der Waals surface area contributed by atoms with Gasteiger partial charge < -0.3 is 28.4 Å². The van der Waals surface area contributed by atoms with E-state index in [4.69, 9.17) is 23.7 Å². The van der Waals surface area contributed by atoms with E-state index in [0.29, 0.717) is 28.4 Å². The number of ether oxygens (including phenoxy) is 6. The van der Waals surface area contributed by atoms with Crippen LogP contribution >= 0.6 is 0 Å². The second-order valence-electron chi connectivity index (χ2n) is 6.10. The first-order valence-corrected chi connectivity index (χ1v) is 10.6. The standard InChI is InChI=1S/C21H24O9S/c1-25-15-11-18(27-3)16(19(12-15)28-4)8-9-31(23,24)13-14-6-7-17(26-2)20(10-14)30-21(22)29-5/h6-12H,13H2,1-5H3/b9-8+. The van der Waals surface area contributed by atoms with Crippen molar-refractivity contribution in [2.75, 3.05) is 35.5 Å². The summed E-state index contributed by atoms with van der Waals surface area (Å²) in [6.07, 6.45) is 0.443. The fourth-order valence-electron chi connectivity index (χ4n) is 2.67. The summed E-state index contributed by atoms with van der Waals surface area (Å²) < 4.78 is 55.8. The first-order valence-electron chi connectivity index (χ1n) is 8.90. The van der Waals surface area contributed by atoms with Gasteiger partial charge in [-0.2, -0.15) is 0 Å². The van der Waals surface area contributed by atoms with Crippen molar-refractivity contribution in [2.45, 2.75) is 5.75 Å². The minimum absolute atomic E-state index is 0.0459. The number of rotatable bonds is 9. The third kappa shape index (κ3) is 6.29. The fraction of sp³-hybridized carbons (Fsp3) is 0.286. The van der Waals surface area contributed by atoms with E-state index in [9.17, 15) is 13.2 Å². The van der Waals surface area contributed by atoms with Crippen LogP contribution in [0.1, 0.15) is 11.1 Å². The molecule has 9 nitrogen and oxygen atoms in total. The highest BCUT2D eigenvalue weighted by molar-refractivity contribution is 7.93. The van der Waals surface area contributed by atoms with E-state index in [1.165, 1.54) is 46.6 Å². The second kappa shape index (κ2) is 10.6. The van der Waals surface area contributed by atoms with Crippen molar-refractivity contribution in [2.24, 2.45) is 0 Å². The lowest BCUT2D eigenvalue weighted by atomic mass is 10.1. The Bertz CT molecular complexity index is 1030. The summed E-state index contributed by atoms with van der Waals surface area (Å²) in [5, 5.41) is 1.06. The highest BCUT2D eigenvalue weighted by atomic mass is 32.2. The minimum atomic E-state index is -3.70. The highest BCUT2D eigenvalue weighted by Crippen LogP contribution is 2.35. The number of carbonyl (C=O) groups is 1. The predicted molar refractivity (Wildman–Crippen MR) is 114 cm³/mol. The molecule has 0 heterocycles. The maximum absolute atomic E-state index is 12.7. The molecule has 0 amide bonds. The lowest BCUT2D eigenvalue weighted by Gasteiger charge is -2.12. The minimum Gasteiger partial charge on any atom is -0.496 e. The van der Waals surface area contributed by atoms with Crippen molar-refractivity contribution < 1.29 is 41.6 Å². The summed E-state index contributed by atoms with van der Waals surface area (Å²) in [5.41, 5.74) is 0.830. The van der Waals surface area contributed by atoms with Crippen LogP contribution < -0.4 is 23.7 Å². The molecular formula is C21H24O9S. The molecule has 0 fully saturated rings. The van der Waals surface area contributed by atoms with Crippen LogP contribution in [0, 0.1) is 0 Å². The monoisotopic (exact) mass is 452 g/mol. The molecule has 31 heavy (non-hydrogen) atoms. The lowest BCUT2D eigenvalue weighted by molar-refractivity contribution is 0.120. The third-order valence-electron chi connectivity index (χ3n) is 4.15. The Morgan fingerprint density at radius 1 is 0.839 bits per heavy atom. The van der Waals surface area contributed by atoms with Gasteiger partial charge in [0.25, 0.3) is 0 Å². The molecule has 2 rings (SSSR count). The van der Waals surface area contributed by atoms with Crippen LogP contribution in [0.25, 0.3) is 6.08 Å². The smallest absolute Gasteiger partial charge is 0.496 e. The van der Waals surface area contributed by atoms with Gasteiger partial charge in [-0.3, -0.25) is 0 Å². The molecule has 0 aromatic heterocycles. The van der Waals surface area contributed by atoms with E-state index in [2.05, 4.69) is 4.74 Å². The lowest BCUT2D eigenvalue weighted by Crippen LogP contribution is -2.09. The Kier molecular flexibility index (Phi) is 8.14. The van der Waals surface area contributed by atoms with Gasteiger partial charge in [0.2, 0.25) is 0 Å². The van der Waals surface area contributed by atoms with E-state index in [1.54, 1.807) is 18.2 Å². The number of benzene rings is 2. The molecule has 0 aliphatic rings. The van der Waals surface area contributed by atoms with Gasteiger partial charge in [0.1, 0.15) is 17.2 Å². The topological polar surface area (TPSA) is 107 Å². The van der Waals surface area contributed by atoms with Gasteiger partial charge in [-0.05, 0) is 23.8 Å². The SMILES string of the molecule is COC(=O)Oc1cc(CS(=O)(=O)/C=C/c2c(OC)cc(OC)cc2OC)ccc1OC. The van der Waals surface area contributed by atoms with Crippen LogP contribution in [-0.2, 0) is 20.3 Å². The number of methoxy groups -OCH3 is 5. The highest BCUT2D eigenvalue weighted by Gasteiger charge is 2.16. The van der Waals surface area contributed by atoms with Crippen molar-refractivity contribution in [3.8, 4) is 28.7 Å². The summed E-state index contributed by atoms with van der Waals surface area (Å²) in [5.74, 6) is 1.25. The quantitative estimate of drug-likeness (QED) is 0.418. The zero-order valence-corrected chi connectivity index (χ0v) is 18.6. The van der Waals surface area contributed by atoms with E-state index in [0.717, 1.165) is 12.5 Å². The fourth-order valence-corrected chi connectivity index (χ4v) is 3.75. The van der Waals surface area contributed by atoms with E-state index in [-0.39, 0.29) is 17.3 Å². The zero-order chi connectivity index (χ0) is 23.0. The van der Waals surface area contributed by atoms with Crippen LogP contribution in [0.2, 0.25) is 0 Å². The molecule has 2 aromatic carbocycles. The van der Waals surface area contributed by atoms with E-state index >= 15 is 0 Å². The van der Waals surface area contributed by atoms with Crippen LogP contribution in [0.4, 0.5) is 4.79 Å². The second-order valence-corrected chi connectivity index (χ2v) is 7.98. The Hall–Kier alpha value is -3.40. The van der Waals surface area contributed by atoms with E-state index < -0.39 is 16.0 Å². The average Bonchev–Trinajstić information content (AvgIpc) is 2.76. The Labute approximate surface area is 181 Å². The van der Waals surface area contributed by atoms with Crippen molar-refractivity contribution in [1.29, 1.82) is 0 Å². The van der Waals surface area contributed by atoms with Crippen LogP contribution in [0.15, 0.2) is 35.7 Å². The number of carbonyl (C=O) groups excluding carboxylic acids is 1. The van der Waals surface area contributed by atoms with Crippen LogP contribution in [-0.4, -0.2) is 50.1 Å². The van der Waals surface area contributed by atoms with Gasteiger partial charge in [0, 0.05) is 17.5 Å². The number of hydrogen-bond acceptors (Lipinski definition) is 9. The molecular weight excluding hydrogens is 428 g/mol.